The molecule has 0 atom stereocenters. The molecule has 4 aromatic rings. The van der Waals surface area contributed by atoms with Crippen molar-refractivity contribution in [1.29, 1.82) is 0 Å². The SMILES string of the molecule is Cc1ccn2c(CN3CCN(C(=O)c4ccc(-n5cc(C)cn5)cc4)CC3)c(C)nc2c1. The van der Waals surface area contributed by atoms with Gasteiger partial charge >= 0.3 is 0 Å². The van der Waals surface area contributed by atoms with Crippen LogP contribution in [-0.2, 0) is 6.54 Å². The summed E-state index contributed by atoms with van der Waals surface area (Å²) in [6.45, 7) is 10.2. The van der Waals surface area contributed by atoms with Crippen LogP contribution in [0.2, 0.25) is 0 Å². The number of imidazole rings is 1. The van der Waals surface area contributed by atoms with E-state index >= 15 is 0 Å². The van der Waals surface area contributed by atoms with Gasteiger partial charge in [-0.1, -0.05) is 0 Å². The highest BCUT2D eigenvalue weighted by Gasteiger charge is 2.23. The van der Waals surface area contributed by atoms with Crippen molar-refractivity contribution in [3.8, 4) is 5.69 Å². The van der Waals surface area contributed by atoms with Crippen LogP contribution < -0.4 is 0 Å². The molecule has 0 spiro atoms. The molecule has 1 amide bonds. The summed E-state index contributed by atoms with van der Waals surface area (Å²) in [7, 11) is 0. The third kappa shape index (κ3) is 3.91. The minimum atomic E-state index is 0.0919. The highest BCUT2D eigenvalue weighted by atomic mass is 16.2. The zero-order valence-corrected chi connectivity index (χ0v) is 18.8. The van der Waals surface area contributed by atoms with Crippen LogP contribution in [0.25, 0.3) is 11.3 Å². The lowest BCUT2D eigenvalue weighted by molar-refractivity contribution is 0.0626. The Labute approximate surface area is 187 Å². The average Bonchev–Trinajstić information content (AvgIpc) is 3.36. The number of carbonyl (C=O) groups is 1. The van der Waals surface area contributed by atoms with E-state index in [0.717, 1.165) is 60.9 Å². The van der Waals surface area contributed by atoms with Crippen LogP contribution in [0.1, 0.15) is 32.9 Å². The number of fused-ring (bicyclic) bond motifs is 1. The van der Waals surface area contributed by atoms with Crippen molar-refractivity contribution in [1.82, 2.24) is 29.0 Å². The number of hydrogen-bond donors (Lipinski definition) is 0. The first kappa shape index (κ1) is 20.5. The van der Waals surface area contributed by atoms with Gasteiger partial charge in [-0.3, -0.25) is 9.69 Å². The van der Waals surface area contributed by atoms with Crippen LogP contribution in [0.15, 0.2) is 55.0 Å². The summed E-state index contributed by atoms with van der Waals surface area (Å²) >= 11 is 0. The highest BCUT2D eigenvalue weighted by molar-refractivity contribution is 5.94. The van der Waals surface area contributed by atoms with Gasteiger partial charge in [0.15, 0.2) is 0 Å². The average molecular weight is 429 g/mol. The second-order valence-corrected chi connectivity index (χ2v) is 8.65. The second kappa shape index (κ2) is 8.24. The van der Waals surface area contributed by atoms with E-state index in [0.29, 0.717) is 0 Å². The number of aromatic nitrogens is 4. The van der Waals surface area contributed by atoms with E-state index < -0.39 is 0 Å². The van der Waals surface area contributed by atoms with E-state index in [2.05, 4.69) is 46.6 Å². The van der Waals surface area contributed by atoms with Crippen LogP contribution >= 0.6 is 0 Å². The van der Waals surface area contributed by atoms with E-state index in [4.69, 9.17) is 4.98 Å². The maximum Gasteiger partial charge on any atom is 0.253 e. The summed E-state index contributed by atoms with van der Waals surface area (Å²) in [5, 5.41) is 4.33. The minimum absolute atomic E-state index is 0.0919. The summed E-state index contributed by atoms with van der Waals surface area (Å²) in [6.07, 6.45) is 5.91. The Hall–Kier alpha value is -3.45. The molecule has 32 heavy (non-hydrogen) atoms. The molecule has 164 valence electrons. The standard InChI is InChI=1S/C25H28N6O/c1-18-8-9-30-23(20(3)27-24(30)14-18)17-28-10-12-29(13-11-28)25(32)21-4-6-22(7-5-21)31-16-19(2)15-26-31/h4-9,14-16H,10-13,17H2,1-3H3. The van der Waals surface area contributed by atoms with Crippen LogP contribution in [0.4, 0.5) is 0 Å². The van der Waals surface area contributed by atoms with Gasteiger partial charge in [0.2, 0.25) is 0 Å². The predicted molar refractivity (Wildman–Crippen MR) is 124 cm³/mol. The van der Waals surface area contributed by atoms with E-state index in [1.807, 2.05) is 53.2 Å². The van der Waals surface area contributed by atoms with Gasteiger partial charge < -0.3 is 9.30 Å². The van der Waals surface area contributed by atoms with Gasteiger partial charge in [0.05, 0.1) is 23.3 Å². The summed E-state index contributed by atoms with van der Waals surface area (Å²) in [6, 6.07) is 11.9. The number of rotatable bonds is 4. The van der Waals surface area contributed by atoms with Gasteiger partial charge in [0.25, 0.3) is 5.91 Å². The molecule has 7 nitrogen and oxygen atoms in total. The first-order valence-electron chi connectivity index (χ1n) is 11.1. The Morgan fingerprint density at radius 3 is 2.41 bits per heavy atom. The quantitative estimate of drug-likeness (QED) is 0.500. The molecule has 7 heteroatoms. The molecule has 1 fully saturated rings. The molecule has 0 saturated carbocycles. The molecule has 0 N–H and O–H groups in total. The first-order valence-corrected chi connectivity index (χ1v) is 11.1. The third-order valence-electron chi connectivity index (χ3n) is 6.20. The second-order valence-electron chi connectivity index (χ2n) is 8.65. The van der Waals surface area contributed by atoms with Crippen molar-refractivity contribution in [2.24, 2.45) is 0 Å². The molecule has 0 bridgehead atoms. The molecule has 3 aromatic heterocycles. The van der Waals surface area contributed by atoms with Crippen LogP contribution in [-0.4, -0.2) is 61.1 Å². The Kier molecular flexibility index (Phi) is 5.27. The number of nitrogens with zero attached hydrogens (tertiary/aromatic N) is 6. The molecule has 1 saturated heterocycles. The van der Waals surface area contributed by atoms with Crippen molar-refractivity contribution in [2.45, 2.75) is 27.3 Å². The lowest BCUT2D eigenvalue weighted by Gasteiger charge is -2.34. The lowest BCUT2D eigenvalue weighted by Crippen LogP contribution is -2.48. The van der Waals surface area contributed by atoms with Crippen LogP contribution in [0.5, 0.6) is 0 Å². The number of carbonyl (C=O) groups excluding carboxylic acids is 1. The van der Waals surface area contributed by atoms with E-state index in [9.17, 15) is 4.79 Å². The number of benzene rings is 1. The van der Waals surface area contributed by atoms with Gasteiger partial charge in [0.1, 0.15) is 5.65 Å². The molecular weight excluding hydrogens is 400 g/mol. The molecule has 1 aromatic carbocycles. The molecule has 0 radical (unpaired) electrons. The summed E-state index contributed by atoms with van der Waals surface area (Å²) in [5.74, 6) is 0.0919. The van der Waals surface area contributed by atoms with Crippen LogP contribution in [0.3, 0.4) is 0 Å². The number of pyridine rings is 1. The fraction of sp³-hybridized carbons (Fsp3) is 0.320. The Bertz CT molecular complexity index is 1260. The number of amides is 1. The topological polar surface area (TPSA) is 58.7 Å². The molecule has 1 aliphatic heterocycles. The fourth-order valence-corrected chi connectivity index (χ4v) is 4.32. The molecule has 5 rings (SSSR count). The van der Waals surface area contributed by atoms with Crippen molar-refractivity contribution in [2.75, 3.05) is 26.2 Å². The lowest BCUT2D eigenvalue weighted by atomic mass is 10.1. The predicted octanol–water partition coefficient (Wildman–Crippen LogP) is 3.40. The maximum atomic E-state index is 13.0. The Morgan fingerprint density at radius 1 is 0.969 bits per heavy atom. The van der Waals surface area contributed by atoms with Gasteiger partial charge in [0, 0.05) is 50.7 Å². The molecular formula is C25H28N6O. The largest absolute Gasteiger partial charge is 0.336 e. The zero-order chi connectivity index (χ0) is 22.2. The van der Waals surface area contributed by atoms with Crippen molar-refractivity contribution in [3.05, 3.63) is 83.1 Å². The van der Waals surface area contributed by atoms with Gasteiger partial charge in [-0.25, -0.2) is 9.67 Å². The number of hydrogen-bond acceptors (Lipinski definition) is 4. The van der Waals surface area contributed by atoms with Crippen molar-refractivity contribution >= 4 is 11.6 Å². The van der Waals surface area contributed by atoms with E-state index in [1.165, 1.54) is 11.3 Å². The molecule has 0 unspecified atom stereocenters. The summed E-state index contributed by atoms with van der Waals surface area (Å²) in [4.78, 5) is 22.1. The molecule has 0 aliphatic carbocycles. The zero-order valence-electron chi connectivity index (χ0n) is 18.8. The maximum absolute atomic E-state index is 13.0. The van der Waals surface area contributed by atoms with Gasteiger partial charge in [-0.05, 0) is 68.3 Å². The normalized spacial score (nSPS) is 14.9. The monoisotopic (exact) mass is 428 g/mol. The first-order chi connectivity index (χ1) is 15.5. The van der Waals surface area contributed by atoms with E-state index in [-0.39, 0.29) is 5.91 Å². The highest BCUT2D eigenvalue weighted by Crippen LogP contribution is 2.18. The smallest absolute Gasteiger partial charge is 0.253 e. The summed E-state index contributed by atoms with van der Waals surface area (Å²) in [5.41, 5.74) is 7.30. The Morgan fingerprint density at radius 2 is 1.72 bits per heavy atom. The third-order valence-corrected chi connectivity index (χ3v) is 6.20. The van der Waals surface area contributed by atoms with Crippen molar-refractivity contribution < 1.29 is 4.79 Å². The Balaban J connectivity index is 1.22. The molecule has 1 aliphatic rings. The van der Waals surface area contributed by atoms with Crippen molar-refractivity contribution in [3.63, 3.8) is 0 Å². The van der Waals surface area contributed by atoms with Gasteiger partial charge in [-0.15, -0.1) is 0 Å². The fourth-order valence-electron chi connectivity index (χ4n) is 4.32. The van der Waals surface area contributed by atoms with Crippen LogP contribution in [0, 0.1) is 20.8 Å². The van der Waals surface area contributed by atoms with Gasteiger partial charge in [-0.2, -0.15) is 5.10 Å². The summed E-state index contributed by atoms with van der Waals surface area (Å²) < 4.78 is 4.01. The molecule has 4 heterocycles. The number of aryl methyl sites for hydroxylation is 3. The minimum Gasteiger partial charge on any atom is -0.336 e. The van der Waals surface area contributed by atoms with E-state index in [1.54, 1.807) is 0 Å². The number of piperazine rings is 1.